The molecule has 0 spiro atoms. The molecule has 2 amide bonds. The summed E-state index contributed by atoms with van der Waals surface area (Å²) < 4.78 is 5.73. The molecule has 2 heterocycles. The number of carbonyl (C=O) groups is 2. The molecule has 1 aromatic rings. The lowest BCUT2D eigenvalue weighted by atomic mass is 10.1. The van der Waals surface area contributed by atoms with Gasteiger partial charge in [0.25, 0.3) is 5.91 Å². The van der Waals surface area contributed by atoms with Crippen molar-refractivity contribution >= 4 is 17.5 Å². The minimum Gasteiger partial charge on any atom is -0.478 e. The summed E-state index contributed by atoms with van der Waals surface area (Å²) in [6.07, 6.45) is 3.69. The van der Waals surface area contributed by atoms with E-state index in [1.54, 1.807) is 9.80 Å². The monoisotopic (exact) mass is 346 g/mol. The Morgan fingerprint density at radius 2 is 2.08 bits per heavy atom. The zero-order valence-corrected chi connectivity index (χ0v) is 14.9. The van der Waals surface area contributed by atoms with Gasteiger partial charge in [-0.3, -0.25) is 14.5 Å². The number of rotatable bonds is 7. The molecule has 0 radical (unpaired) electrons. The van der Waals surface area contributed by atoms with E-state index < -0.39 is 6.10 Å². The number of hydrogen-bond acceptors (Lipinski definition) is 3. The van der Waals surface area contributed by atoms with Gasteiger partial charge in [-0.2, -0.15) is 0 Å². The molecule has 2 N–H and O–H groups in total. The van der Waals surface area contributed by atoms with Crippen molar-refractivity contribution in [2.75, 3.05) is 37.6 Å². The predicted molar refractivity (Wildman–Crippen MR) is 95.9 cm³/mol. The normalized spacial score (nSPS) is 20.3. The number of fused-ring (bicyclic) bond motifs is 1. The Kier molecular flexibility index (Phi) is 5.91. The van der Waals surface area contributed by atoms with Crippen molar-refractivity contribution < 1.29 is 19.2 Å². The molecule has 6 nitrogen and oxygen atoms in total. The van der Waals surface area contributed by atoms with Crippen molar-refractivity contribution in [2.24, 2.45) is 0 Å². The lowest BCUT2D eigenvalue weighted by molar-refractivity contribution is -0.887. The molecule has 1 atom stereocenters. The molecule has 1 fully saturated rings. The largest absolute Gasteiger partial charge is 0.478 e. The predicted octanol–water partition coefficient (Wildman–Crippen LogP) is 0.376. The number of amides is 2. The Bertz CT molecular complexity index is 614. The molecule has 0 aliphatic carbocycles. The van der Waals surface area contributed by atoms with Gasteiger partial charge in [0.1, 0.15) is 12.3 Å². The second-order valence-corrected chi connectivity index (χ2v) is 6.82. The second-order valence-electron chi connectivity index (χ2n) is 6.82. The van der Waals surface area contributed by atoms with Gasteiger partial charge in [-0.1, -0.05) is 19.1 Å². The number of hydrogen-bond donors (Lipinski definition) is 2. The SMILES string of the molecule is CCC1Oc2ccccc2N(CC(=O)NCCC[NH+]2CCCC2)C1=O. The van der Waals surface area contributed by atoms with Crippen LogP contribution in [0.4, 0.5) is 5.69 Å². The van der Waals surface area contributed by atoms with Gasteiger partial charge in [0.05, 0.1) is 25.3 Å². The van der Waals surface area contributed by atoms with Gasteiger partial charge in [-0.05, 0) is 18.6 Å². The van der Waals surface area contributed by atoms with Crippen LogP contribution in [0.1, 0.15) is 32.6 Å². The van der Waals surface area contributed by atoms with E-state index >= 15 is 0 Å². The molecule has 1 saturated heterocycles. The number of quaternary nitrogens is 1. The summed E-state index contributed by atoms with van der Waals surface area (Å²) >= 11 is 0. The van der Waals surface area contributed by atoms with E-state index in [-0.39, 0.29) is 18.4 Å². The van der Waals surface area contributed by atoms with Crippen molar-refractivity contribution in [3.8, 4) is 5.75 Å². The van der Waals surface area contributed by atoms with E-state index in [1.807, 2.05) is 31.2 Å². The van der Waals surface area contributed by atoms with Crippen LogP contribution in [0.5, 0.6) is 5.75 Å². The Hall–Kier alpha value is -2.08. The molecule has 136 valence electrons. The van der Waals surface area contributed by atoms with Gasteiger partial charge in [0.2, 0.25) is 5.91 Å². The van der Waals surface area contributed by atoms with Gasteiger partial charge in [0, 0.05) is 25.8 Å². The number of nitrogens with zero attached hydrogens (tertiary/aromatic N) is 1. The third-order valence-electron chi connectivity index (χ3n) is 4.98. The average molecular weight is 346 g/mol. The van der Waals surface area contributed by atoms with Gasteiger partial charge in [-0.15, -0.1) is 0 Å². The first-order chi connectivity index (χ1) is 12.2. The summed E-state index contributed by atoms with van der Waals surface area (Å²) in [5, 5.41) is 2.95. The Morgan fingerprint density at radius 3 is 2.84 bits per heavy atom. The fraction of sp³-hybridized carbons (Fsp3) is 0.579. The first kappa shape index (κ1) is 17.7. The number of nitrogens with one attached hydrogen (secondary N) is 2. The van der Waals surface area contributed by atoms with E-state index in [0.717, 1.165) is 13.0 Å². The highest BCUT2D eigenvalue weighted by molar-refractivity contribution is 6.03. The van der Waals surface area contributed by atoms with Gasteiger partial charge in [0.15, 0.2) is 6.10 Å². The number of para-hydroxylation sites is 2. The highest BCUT2D eigenvalue weighted by atomic mass is 16.5. The van der Waals surface area contributed by atoms with Crippen LogP contribution in [0, 0.1) is 0 Å². The van der Waals surface area contributed by atoms with Crippen molar-refractivity contribution in [1.29, 1.82) is 0 Å². The molecule has 1 aromatic carbocycles. The summed E-state index contributed by atoms with van der Waals surface area (Å²) in [7, 11) is 0. The highest BCUT2D eigenvalue weighted by Gasteiger charge is 2.34. The standard InChI is InChI=1S/C19H27N3O3/c1-2-16-19(24)22(15-8-3-4-9-17(15)25-16)14-18(23)20-10-7-13-21-11-5-6-12-21/h3-4,8-9,16H,2,5-7,10-14H2,1H3,(H,20,23)/p+1. The van der Waals surface area contributed by atoms with E-state index in [2.05, 4.69) is 5.32 Å². The minimum absolute atomic E-state index is 0.0479. The van der Waals surface area contributed by atoms with Crippen molar-refractivity contribution in [2.45, 2.75) is 38.7 Å². The quantitative estimate of drug-likeness (QED) is 0.702. The fourth-order valence-corrected chi connectivity index (χ4v) is 3.59. The maximum Gasteiger partial charge on any atom is 0.268 e. The molecule has 3 rings (SSSR count). The zero-order chi connectivity index (χ0) is 17.6. The summed E-state index contributed by atoms with van der Waals surface area (Å²) in [6.45, 7) is 6.25. The van der Waals surface area contributed by atoms with Crippen LogP contribution < -0.4 is 19.9 Å². The number of carbonyl (C=O) groups excluding carboxylic acids is 2. The van der Waals surface area contributed by atoms with Gasteiger partial charge < -0.3 is 15.0 Å². The van der Waals surface area contributed by atoms with Crippen LogP contribution in [0.3, 0.4) is 0 Å². The number of anilines is 1. The zero-order valence-electron chi connectivity index (χ0n) is 14.9. The molecule has 1 unspecified atom stereocenters. The van der Waals surface area contributed by atoms with E-state index in [4.69, 9.17) is 4.74 Å². The van der Waals surface area contributed by atoms with Crippen LogP contribution in [0.25, 0.3) is 0 Å². The molecule has 6 heteroatoms. The van der Waals surface area contributed by atoms with E-state index in [1.165, 1.54) is 25.9 Å². The van der Waals surface area contributed by atoms with Crippen molar-refractivity contribution in [3.05, 3.63) is 24.3 Å². The van der Waals surface area contributed by atoms with E-state index in [9.17, 15) is 9.59 Å². The summed E-state index contributed by atoms with van der Waals surface area (Å²) in [5.41, 5.74) is 0.675. The molecule has 25 heavy (non-hydrogen) atoms. The van der Waals surface area contributed by atoms with Crippen molar-refractivity contribution in [1.82, 2.24) is 5.32 Å². The number of benzene rings is 1. The van der Waals surface area contributed by atoms with E-state index in [0.29, 0.717) is 24.4 Å². The Balaban J connectivity index is 1.53. The highest BCUT2D eigenvalue weighted by Crippen LogP contribution is 2.34. The van der Waals surface area contributed by atoms with Crippen LogP contribution in [-0.2, 0) is 9.59 Å². The van der Waals surface area contributed by atoms with Gasteiger partial charge >= 0.3 is 0 Å². The molecule has 0 saturated carbocycles. The maximum absolute atomic E-state index is 12.6. The molecule has 2 aliphatic rings. The third kappa shape index (κ3) is 4.31. The molecule has 0 aromatic heterocycles. The molecular weight excluding hydrogens is 318 g/mol. The topological polar surface area (TPSA) is 63.1 Å². The Morgan fingerprint density at radius 1 is 1.32 bits per heavy atom. The third-order valence-corrected chi connectivity index (χ3v) is 4.98. The molecular formula is C19H28N3O3+. The Labute approximate surface area is 149 Å². The van der Waals surface area contributed by atoms with Gasteiger partial charge in [-0.25, -0.2) is 0 Å². The van der Waals surface area contributed by atoms with Crippen LogP contribution in [0.15, 0.2) is 24.3 Å². The van der Waals surface area contributed by atoms with Crippen LogP contribution in [0.2, 0.25) is 0 Å². The lowest BCUT2D eigenvalue weighted by Gasteiger charge is -2.33. The second kappa shape index (κ2) is 8.34. The first-order valence-corrected chi connectivity index (χ1v) is 9.36. The molecule has 0 bridgehead atoms. The molecule has 2 aliphatic heterocycles. The average Bonchev–Trinajstić information content (AvgIpc) is 3.14. The summed E-state index contributed by atoms with van der Waals surface area (Å²) in [6, 6.07) is 7.39. The van der Waals surface area contributed by atoms with Crippen LogP contribution >= 0.6 is 0 Å². The van der Waals surface area contributed by atoms with Crippen LogP contribution in [-0.4, -0.2) is 50.6 Å². The fourth-order valence-electron chi connectivity index (χ4n) is 3.59. The smallest absolute Gasteiger partial charge is 0.268 e. The number of likely N-dealkylation sites (tertiary alicyclic amines) is 1. The summed E-state index contributed by atoms with van der Waals surface area (Å²) in [4.78, 5) is 28.1. The lowest BCUT2D eigenvalue weighted by Crippen LogP contribution is -3.10. The maximum atomic E-state index is 12.6. The summed E-state index contributed by atoms with van der Waals surface area (Å²) in [5.74, 6) is 0.411. The first-order valence-electron chi connectivity index (χ1n) is 9.36. The minimum atomic E-state index is -0.513. The van der Waals surface area contributed by atoms with Crippen molar-refractivity contribution in [3.63, 3.8) is 0 Å². The number of ether oxygens (including phenoxy) is 1.